The summed E-state index contributed by atoms with van der Waals surface area (Å²) in [6.45, 7) is 4.02. The van der Waals surface area contributed by atoms with E-state index >= 15 is 0 Å². The van der Waals surface area contributed by atoms with Crippen molar-refractivity contribution in [2.45, 2.75) is 25.4 Å². The van der Waals surface area contributed by atoms with E-state index in [1.165, 1.54) is 17.0 Å². The van der Waals surface area contributed by atoms with Crippen LogP contribution in [0.3, 0.4) is 0 Å². The molecule has 0 radical (unpaired) electrons. The molecule has 6 nitrogen and oxygen atoms in total. The lowest BCUT2D eigenvalue weighted by Crippen LogP contribution is -2.43. The Morgan fingerprint density at radius 1 is 1.14 bits per heavy atom. The van der Waals surface area contributed by atoms with Crippen LogP contribution in [-0.2, 0) is 10.3 Å². The molecule has 1 aliphatic rings. The summed E-state index contributed by atoms with van der Waals surface area (Å²) in [5, 5.41) is 3.26. The quantitative estimate of drug-likeness (QED) is 0.684. The lowest BCUT2D eigenvalue weighted by atomic mass is 9.92. The van der Waals surface area contributed by atoms with Gasteiger partial charge in [0, 0.05) is 6.20 Å². The molecule has 0 bridgehead atoms. The molecule has 1 fully saturated rings. The van der Waals surface area contributed by atoms with Gasteiger partial charge < -0.3 is 10.1 Å². The molecule has 4 rings (SSSR count). The zero-order chi connectivity index (χ0) is 20.4. The second kappa shape index (κ2) is 7.50. The van der Waals surface area contributed by atoms with E-state index in [4.69, 9.17) is 4.74 Å². The van der Waals surface area contributed by atoms with Crippen molar-refractivity contribution in [2.24, 2.45) is 0 Å². The van der Waals surface area contributed by atoms with Gasteiger partial charge in [0.25, 0.3) is 0 Å². The van der Waals surface area contributed by atoms with Gasteiger partial charge in [-0.05, 0) is 43.2 Å². The maximum Gasteiger partial charge on any atom is 0.416 e. The second-order valence-corrected chi connectivity index (χ2v) is 7.19. The van der Waals surface area contributed by atoms with Crippen LogP contribution in [-0.4, -0.2) is 22.7 Å². The number of rotatable bonds is 5. The number of hydrogen-bond donors (Lipinski definition) is 1. The number of anilines is 2. The van der Waals surface area contributed by atoms with E-state index in [0.29, 0.717) is 11.8 Å². The minimum atomic E-state index is -0.804. The summed E-state index contributed by atoms with van der Waals surface area (Å²) in [4.78, 5) is 22.8. The van der Waals surface area contributed by atoms with Crippen LogP contribution in [0.25, 0.3) is 0 Å². The highest BCUT2D eigenvalue weighted by atomic mass is 19.1. The Morgan fingerprint density at radius 2 is 1.86 bits per heavy atom. The number of carbonyl (C=O) groups excluding carboxylic acids is 1. The maximum atomic E-state index is 13.4. The molecule has 1 N–H and O–H groups in total. The van der Waals surface area contributed by atoms with Crippen LogP contribution in [0.1, 0.15) is 31.0 Å². The molecule has 7 heteroatoms. The van der Waals surface area contributed by atoms with Crippen molar-refractivity contribution in [2.75, 3.05) is 16.8 Å². The van der Waals surface area contributed by atoms with Gasteiger partial charge in [-0.2, -0.15) is 4.98 Å². The van der Waals surface area contributed by atoms with Gasteiger partial charge in [-0.25, -0.2) is 19.1 Å². The van der Waals surface area contributed by atoms with E-state index in [0.717, 1.165) is 11.1 Å². The topological polar surface area (TPSA) is 67.4 Å². The Bertz CT molecular complexity index is 1010. The normalized spacial score (nSPS) is 19.7. The van der Waals surface area contributed by atoms with Crippen LogP contribution in [0.4, 0.5) is 21.0 Å². The Hall–Kier alpha value is -3.48. The Morgan fingerprint density at radius 3 is 2.59 bits per heavy atom. The fraction of sp³-hybridized carbons (Fsp3) is 0.227. The predicted molar refractivity (Wildman–Crippen MR) is 108 cm³/mol. The monoisotopic (exact) mass is 392 g/mol. The molecule has 3 aromatic rings. The van der Waals surface area contributed by atoms with Crippen molar-refractivity contribution in [1.29, 1.82) is 0 Å². The fourth-order valence-electron chi connectivity index (χ4n) is 3.46. The third-order valence-electron chi connectivity index (χ3n) is 5.13. The van der Waals surface area contributed by atoms with Gasteiger partial charge in [0.1, 0.15) is 23.8 Å². The summed E-state index contributed by atoms with van der Waals surface area (Å²) in [6.07, 6.45) is 1.09. The minimum Gasteiger partial charge on any atom is -0.446 e. The molecule has 2 atom stereocenters. The van der Waals surface area contributed by atoms with Crippen molar-refractivity contribution >= 4 is 17.9 Å². The van der Waals surface area contributed by atoms with Crippen molar-refractivity contribution in [3.63, 3.8) is 0 Å². The van der Waals surface area contributed by atoms with Crippen LogP contribution in [0.15, 0.2) is 66.9 Å². The molecule has 0 spiro atoms. The fourth-order valence-corrected chi connectivity index (χ4v) is 3.46. The van der Waals surface area contributed by atoms with Crippen LogP contribution in [0.5, 0.6) is 0 Å². The molecule has 0 aliphatic carbocycles. The highest BCUT2D eigenvalue weighted by molar-refractivity contribution is 5.90. The largest absolute Gasteiger partial charge is 0.446 e. The van der Waals surface area contributed by atoms with Gasteiger partial charge in [0.05, 0.1) is 6.04 Å². The minimum absolute atomic E-state index is 0.0135. The van der Waals surface area contributed by atoms with Gasteiger partial charge in [-0.15, -0.1) is 0 Å². The van der Waals surface area contributed by atoms with E-state index in [-0.39, 0.29) is 18.5 Å². The van der Waals surface area contributed by atoms with Gasteiger partial charge in [0.2, 0.25) is 5.95 Å². The number of hydrogen-bond acceptors (Lipinski definition) is 5. The van der Waals surface area contributed by atoms with Crippen molar-refractivity contribution < 1.29 is 13.9 Å². The molecule has 2 unspecified atom stereocenters. The van der Waals surface area contributed by atoms with Crippen molar-refractivity contribution in [3.05, 3.63) is 83.8 Å². The molecule has 29 heavy (non-hydrogen) atoms. The van der Waals surface area contributed by atoms with E-state index in [1.54, 1.807) is 24.4 Å². The van der Waals surface area contributed by atoms with E-state index in [9.17, 15) is 9.18 Å². The van der Waals surface area contributed by atoms with Gasteiger partial charge in [0.15, 0.2) is 0 Å². The first-order chi connectivity index (χ1) is 14.0. The predicted octanol–water partition coefficient (Wildman–Crippen LogP) is 4.66. The summed E-state index contributed by atoms with van der Waals surface area (Å²) >= 11 is 0. The summed E-state index contributed by atoms with van der Waals surface area (Å²) < 4.78 is 18.7. The molecular formula is C22H21FN4O2. The lowest BCUT2D eigenvalue weighted by Gasteiger charge is -2.31. The average molecular weight is 392 g/mol. The van der Waals surface area contributed by atoms with Crippen molar-refractivity contribution in [1.82, 2.24) is 9.97 Å². The summed E-state index contributed by atoms with van der Waals surface area (Å²) in [5.41, 5.74) is 1.05. The average Bonchev–Trinajstić information content (AvgIpc) is 3.04. The molecule has 148 valence electrons. The number of aromatic nitrogens is 2. The van der Waals surface area contributed by atoms with Crippen molar-refractivity contribution in [3.8, 4) is 0 Å². The number of benzene rings is 2. The van der Waals surface area contributed by atoms with Crippen LogP contribution >= 0.6 is 0 Å². The highest BCUT2D eigenvalue weighted by Gasteiger charge is 2.47. The van der Waals surface area contributed by atoms with E-state index in [1.807, 2.05) is 44.2 Å². The van der Waals surface area contributed by atoms with E-state index in [2.05, 4.69) is 15.3 Å². The number of halogens is 1. The number of cyclic esters (lactones) is 1. The van der Waals surface area contributed by atoms with Crippen LogP contribution in [0.2, 0.25) is 0 Å². The summed E-state index contributed by atoms with van der Waals surface area (Å²) in [7, 11) is 0. The number of ether oxygens (including phenoxy) is 1. The molecule has 2 heterocycles. The molecule has 1 saturated heterocycles. The number of nitrogens with zero attached hydrogens (tertiary/aromatic N) is 3. The maximum absolute atomic E-state index is 13.4. The summed E-state index contributed by atoms with van der Waals surface area (Å²) in [5.74, 6) is 0.481. The smallest absolute Gasteiger partial charge is 0.416 e. The van der Waals surface area contributed by atoms with Crippen LogP contribution in [0, 0.1) is 5.82 Å². The molecule has 1 aromatic heterocycles. The van der Waals surface area contributed by atoms with Gasteiger partial charge in [-0.3, -0.25) is 0 Å². The van der Waals surface area contributed by atoms with E-state index < -0.39 is 11.6 Å². The summed E-state index contributed by atoms with van der Waals surface area (Å²) in [6, 6.07) is 17.6. The number of amides is 1. The number of carbonyl (C=O) groups is 1. The molecular weight excluding hydrogens is 371 g/mol. The third kappa shape index (κ3) is 3.63. The lowest BCUT2D eigenvalue weighted by molar-refractivity contribution is 0.174. The molecule has 1 aliphatic heterocycles. The zero-order valence-corrected chi connectivity index (χ0v) is 16.2. The second-order valence-electron chi connectivity index (χ2n) is 7.19. The first-order valence-electron chi connectivity index (χ1n) is 9.35. The van der Waals surface area contributed by atoms with Gasteiger partial charge in [-0.1, -0.05) is 42.5 Å². The molecule has 0 saturated carbocycles. The zero-order valence-electron chi connectivity index (χ0n) is 16.2. The molecule has 2 aromatic carbocycles. The third-order valence-corrected chi connectivity index (χ3v) is 5.13. The first kappa shape index (κ1) is 18.9. The standard InChI is InChI=1S/C22H21FN4O2/c1-15(16-6-4-3-5-7-16)25-20-24-13-12-19(26-20)27-21(28)29-14-22(27,2)17-8-10-18(23)11-9-17/h3-13,15H,14H2,1-2H3,(H,24,25,26). The SMILES string of the molecule is CC(Nc1nccc(N2C(=O)OCC2(C)c2ccc(F)cc2)n1)c1ccccc1. The Balaban J connectivity index is 1.64. The van der Waals surface area contributed by atoms with Crippen LogP contribution < -0.4 is 10.2 Å². The molecule has 1 amide bonds. The first-order valence-corrected chi connectivity index (χ1v) is 9.35. The Kier molecular flexibility index (Phi) is 4.88. The van der Waals surface area contributed by atoms with Gasteiger partial charge >= 0.3 is 6.09 Å². The number of nitrogens with one attached hydrogen (secondary N) is 1. The highest BCUT2D eigenvalue weighted by Crippen LogP contribution is 2.37. The Labute approximate surface area is 168 Å².